The lowest BCUT2D eigenvalue weighted by Gasteiger charge is -2.10. The van der Waals surface area contributed by atoms with Crippen LogP contribution < -0.4 is 9.46 Å². The molecule has 0 unspecified atom stereocenters. The molecule has 0 saturated heterocycles. The summed E-state index contributed by atoms with van der Waals surface area (Å²) < 4.78 is 32.6. The zero-order chi connectivity index (χ0) is 14.8. The molecule has 0 aliphatic rings. The molecule has 0 heterocycles. The van der Waals surface area contributed by atoms with Crippen molar-refractivity contribution in [1.82, 2.24) is 0 Å². The fourth-order valence-electron chi connectivity index (χ4n) is 1.59. The average Bonchev–Trinajstić information content (AvgIpc) is 2.40. The molecule has 0 fully saturated rings. The molecule has 106 valence electrons. The molecule has 0 radical (unpaired) electrons. The SMILES string of the molecule is COc1cc(NS(=O)(=O)c2cccc(O)c2)ccc1Br. The summed E-state index contributed by atoms with van der Waals surface area (Å²) >= 11 is 3.29. The summed E-state index contributed by atoms with van der Waals surface area (Å²) in [6.45, 7) is 0. The van der Waals surface area contributed by atoms with Crippen LogP contribution in [0.15, 0.2) is 51.8 Å². The summed E-state index contributed by atoms with van der Waals surface area (Å²) in [5.41, 5.74) is 0.369. The maximum atomic E-state index is 12.2. The van der Waals surface area contributed by atoms with Gasteiger partial charge >= 0.3 is 0 Å². The third-order valence-corrected chi connectivity index (χ3v) is 4.57. The second-order valence-electron chi connectivity index (χ2n) is 3.95. The Morgan fingerprint density at radius 1 is 1.20 bits per heavy atom. The topological polar surface area (TPSA) is 75.6 Å². The predicted octanol–water partition coefficient (Wildman–Crippen LogP) is 2.96. The fraction of sp³-hybridized carbons (Fsp3) is 0.0769. The summed E-state index contributed by atoms with van der Waals surface area (Å²) in [4.78, 5) is -0.0145. The highest BCUT2D eigenvalue weighted by molar-refractivity contribution is 9.10. The van der Waals surface area contributed by atoms with E-state index in [-0.39, 0.29) is 10.6 Å². The molecular weight excluding hydrogens is 346 g/mol. The highest BCUT2D eigenvalue weighted by atomic mass is 79.9. The number of phenols is 1. The van der Waals surface area contributed by atoms with Crippen LogP contribution in [-0.4, -0.2) is 20.6 Å². The largest absolute Gasteiger partial charge is 0.508 e. The molecular formula is C13H12BrNO4S. The van der Waals surface area contributed by atoms with Crippen LogP contribution in [0.3, 0.4) is 0 Å². The predicted molar refractivity (Wildman–Crippen MR) is 79.6 cm³/mol. The smallest absolute Gasteiger partial charge is 0.262 e. The van der Waals surface area contributed by atoms with Crippen molar-refractivity contribution in [3.05, 3.63) is 46.9 Å². The Morgan fingerprint density at radius 3 is 2.60 bits per heavy atom. The van der Waals surface area contributed by atoms with Crippen LogP contribution in [0.4, 0.5) is 5.69 Å². The molecule has 0 spiro atoms. The maximum Gasteiger partial charge on any atom is 0.262 e. The van der Waals surface area contributed by atoms with E-state index in [1.807, 2.05) is 0 Å². The van der Waals surface area contributed by atoms with Crippen molar-refractivity contribution in [3.8, 4) is 11.5 Å². The van der Waals surface area contributed by atoms with Gasteiger partial charge in [-0.3, -0.25) is 4.72 Å². The Balaban J connectivity index is 2.33. The number of hydrogen-bond donors (Lipinski definition) is 2. The van der Waals surface area contributed by atoms with Gasteiger partial charge < -0.3 is 9.84 Å². The van der Waals surface area contributed by atoms with Crippen LogP contribution >= 0.6 is 15.9 Å². The second kappa shape index (κ2) is 5.72. The molecule has 0 aliphatic heterocycles. The van der Waals surface area contributed by atoms with E-state index in [9.17, 15) is 13.5 Å². The van der Waals surface area contributed by atoms with Gasteiger partial charge in [-0.05, 0) is 40.2 Å². The van der Waals surface area contributed by atoms with Gasteiger partial charge in [-0.15, -0.1) is 0 Å². The van der Waals surface area contributed by atoms with Gasteiger partial charge in [0.15, 0.2) is 0 Å². The number of benzene rings is 2. The van der Waals surface area contributed by atoms with Gasteiger partial charge in [0.05, 0.1) is 22.2 Å². The minimum absolute atomic E-state index is 0.0145. The Morgan fingerprint density at radius 2 is 1.95 bits per heavy atom. The summed E-state index contributed by atoms with van der Waals surface area (Å²) in [7, 11) is -2.26. The number of ether oxygens (including phenoxy) is 1. The van der Waals surface area contributed by atoms with Crippen LogP contribution in [0.5, 0.6) is 11.5 Å². The van der Waals surface area contributed by atoms with Gasteiger partial charge in [-0.1, -0.05) is 6.07 Å². The molecule has 2 N–H and O–H groups in total. The number of methoxy groups -OCH3 is 1. The number of anilines is 1. The number of phenolic OH excluding ortho intramolecular Hbond substituents is 1. The Labute approximate surface area is 125 Å². The van der Waals surface area contributed by atoms with Gasteiger partial charge in [0.1, 0.15) is 11.5 Å². The van der Waals surface area contributed by atoms with Crippen LogP contribution in [0.1, 0.15) is 0 Å². The first-order valence-corrected chi connectivity index (χ1v) is 7.85. The van der Waals surface area contributed by atoms with Crippen molar-refractivity contribution < 1.29 is 18.3 Å². The van der Waals surface area contributed by atoms with E-state index in [2.05, 4.69) is 20.7 Å². The summed E-state index contributed by atoms with van der Waals surface area (Å²) in [5.74, 6) is 0.405. The van der Waals surface area contributed by atoms with E-state index in [0.29, 0.717) is 11.4 Å². The zero-order valence-corrected chi connectivity index (χ0v) is 12.9. The minimum Gasteiger partial charge on any atom is -0.508 e. The molecule has 0 saturated carbocycles. The highest BCUT2D eigenvalue weighted by Crippen LogP contribution is 2.29. The quantitative estimate of drug-likeness (QED) is 0.881. The van der Waals surface area contributed by atoms with Gasteiger partial charge in [0.25, 0.3) is 10.0 Å². The van der Waals surface area contributed by atoms with Crippen LogP contribution in [0.2, 0.25) is 0 Å². The first kappa shape index (κ1) is 14.7. The lowest BCUT2D eigenvalue weighted by atomic mass is 10.3. The van der Waals surface area contributed by atoms with Crippen molar-refractivity contribution in [1.29, 1.82) is 0 Å². The average molecular weight is 358 g/mol. The first-order chi connectivity index (χ1) is 9.42. The number of aromatic hydroxyl groups is 1. The zero-order valence-electron chi connectivity index (χ0n) is 10.5. The van der Waals surface area contributed by atoms with E-state index in [4.69, 9.17) is 4.74 Å². The van der Waals surface area contributed by atoms with Gasteiger partial charge in [0.2, 0.25) is 0 Å². The third kappa shape index (κ3) is 3.23. The summed E-state index contributed by atoms with van der Waals surface area (Å²) in [6.07, 6.45) is 0. The van der Waals surface area contributed by atoms with E-state index in [0.717, 1.165) is 4.47 Å². The molecule has 0 aromatic heterocycles. The Kier molecular flexibility index (Phi) is 4.20. The van der Waals surface area contributed by atoms with Crippen LogP contribution in [0, 0.1) is 0 Å². The van der Waals surface area contributed by atoms with E-state index < -0.39 is 10.0 Å². The fourth-order valence-corrected chi connectivity index (χ4v) is 3.09. The minimum atomic E-state index is -3.75. The molecule has 7 heteroatoms. The van der Waals surface area contributed by atoms with Crippen molar-refractivity contribution in [2.45, 2.75) is 4.90 Å². The molecule has 0 aliphatic carbocycles. The van der Waals surface area contributed by atoms with Crippen molar-refractivity contribution in [3.63, 3.8) is 0 Å². The molecule has 0 bridgehead atoms. The maximum absolute atomic E-state index is 12.2. The van der Waals surface area contributed by atoms with Gasteiger partial charge in [-0.2, -0.15) is 0 Å². The second-order valence-corrected chi connectivity index (χ2v) is 6.49. The van der Waals surface area contributed by atoms with Gasteiger partial charge in [-0.25, -0.2) is 8.42 Å². The lowest BCUT2D eigenvalue weighted by molar-refractivity contribution is 0.412. The molecule has 5 nitrogen and oxygen atoms in total. The van der Waals surface area contributed by atoms with E-state index >= 15 is 0 Å². The van der Waals surface area contributed by atoms with Crippen LogP contribution in [0.25, 0.3) is 0 Å². The number of rotatable bonds is 4. The van der Waals surface area contributed by atoms with E-state index in [1.54, 1.807) is 18.2 Å². The van der Waals surface area contributed by atoms with Crippen molar-refractivity contribution in [2.75, 3.05) is 11.8 Å². The standard InChI is InChI=1S/C13H12BrNO4S/c1-19-13-7-9(5-6-12(13)14)15-20(17,18)11-4-2-3-10(16)8-11/h2-8,15-16H,1H3. The molecule has 2 aromatic carbocycles. The number of sulfonamides is 1. The summed E-state index contributed by atoms with van der Waals surface area (Å²) in [5, 5.41) is 9.34. The van der Waals surface area contributed by atoms with Crippen LogP contribution in [-0.2, 0) is 10.0 Å². The summed E-state index contributed by atoms with van der Waals surface area (Å²) in [6, 6.07) is 10.3. The Hall–Kier alpha value is -1.73. The lowest BCUT2D eigenvalue weighted by Crippen LogP contribution is -2.12. The Bertz CT molecular complexity index is 731. The first-order valence-electron chi connectivity index (χ1n) is 5.58. The molecule has 2 aromatic rings. The van der Waals surface area contributed by atoms with Crippen molar-refractivity contribution in [2.24, 2.45) is 0 Å². The monoisotopic (exact) mass is 357 g/mol. The molecule has 20 heavy (non-hydrogen) atoms. The van der Waals surface area contributed by atoms with Crippen molar-refractivity contribution >= 4 is 31.6 Å². The number of halogens is 1. The molecule has 0 amide bonds. The third-order valence-electron chi connectivity index (χ3n) is 2.53. The normalized spacial score (nSPS) is 11.1. The number of hydrogen-bond acceptors (Lipinski definition) is 4. The molecule has 2 rings (SSSR count). The van der Waals surface area contributed by atoms with E-state index in [1.165, 1.54) is 31.4 Å². The highest BCUT2D eigenvalue weighted by Gasteiger charge is 2.15. The van der Waals surface area contributed by atoms with Gasteiger partial charge in [0, 0.05) is 12.1 Å². The molecule has 0 atom stereocenters. The number of nitrogens with one attached hydrogen (secondary N) is 1.